The molecule has 0 N–H and O–H groups in total. The van der Waals surface area contributed by atoms with Crippen LogP contribution < -0.4 is 9.47 Å². The number of carbonyl (C=O) groups is 1. The minimum Gasteiger partial charge on any atom is -0.454 e. The van der Waals surface area contributed by atoms with Gasteiger partial charge in [-0.05, 0) is 25.5 Å². The smallest absolute Gasteiger partial charge is 0.233 e. The molecule has 1 saturated heterocycles. The van der Waals surface area contributed by atoms with Gasteiger partial charge in [-0.1, -0.05) is 42.5 Å². The number of hydrogen-bond acceptors (Lipinski definition) is 5. The molecule has 1 amide bonds. The Hall–Kier alpha value is -2.57. The summed E-state index contributed by atoms with van der Waals surface area (Å²) in [5.74, 6) is 1.60. The zero-order valence-electron chi connectivity index (χ0n) is 17.8. The third kappa shape index (κ3) is 4.45. The lowest BCUT2D eigenvalue weighted by molar-refractivity contribution is -0.137. The molecule has 2 heterocycles. The van der Waals surface area contributed by atoms with E-state index in [1.165, 1.54) is 0 Å². The van der Waals surface area contributed by atoms with E-state index in [0.29, 0.717) is 13.1 Å². The molecule has 0 bridgehead atoms. The van der Waals surface area contributed by atoms with Gasteiger partial charge >= 0.3 is 0 Å². The van der Waals surface area contributed by atoms with Crippen LogP contribution in [0.3, 0.4) is 0 Å². The van der Waals surface area contributed by atoms with Gasteiger partial charge in [0.1, 0.15) is 0 Å². The molecule has 160 valence electrons. The highest BCUT2D eigenvalue weighted by molar-refractivity contribution is 5.87. The van der Waals surface area contributed by atoms with Crippen molar-refractivity contribution in [2.24, 2.45) is 0 Å². The zero-order chi connectivity index (χ0) is 21.0. The van der Waals surface area contributed by atoms with Crippen molar-refractivity contribution >= 4 is 5.91 Å². The highest BCUT2D eigenvalue weighted by Crippen LogP contribution is 2.36. The Bertz CT molecular complexity index is 863. The second-order valence-corrected chi connectivity index (χ2v) is 8.32. The molecule has 0 unspecified atom stereocenters. The van der Waals surface area contributed by atoms with Crippen LogP contribution in [-0.2, 0) is 21.5 Å². The molecule has 0 radical (unpaired) electrons. The van der Waals surface area contributed by atoms with E-state index >= 15 is 0 Å². The van der Waals surface area contributed by atoms with Gasteiger partial charge in [-0.3, -0.25) is 9.69 Å². The van der Waals surface area contributed by atoms with Crippen molar-refractivity contribution in [3.63, 3.8) is 0 Å². The molecule has 0 aliphatic carbocycles. The van der Waals surface area contributed by atoms with Crippen LogP contribution in [0.1, 0.15) is 25.0 Å². The number of rotatable bonds is 7. The van der Waals surface area contributed by atoms with Gasteiger partial charge in [0, 0.05) is 38.3 Å². The largest absolute Gasteiger partial charge is 0.454 e. The number of carbonyl (C=O) groups excluding carboxylic acids is 1. The van der Waals surface area contributed by atoms with Gasteiger partial charge in [0.25, 0.3) is 0 Å². The first-order valence-corrected chi connectivity index (χ1v) is 10.6. The van der Waals surface area contributed by atoms with E-state index < -0.39 is 5.41 Å². The molecular weight excluding hydrogens is 380 g/mol. The molecule has 6 nitrogen and oxygen atoms in total. The van der Waals surface area contributed by atoms with E-state index in [-0.39, 0.29) is 12.7 Å². The number of hydrogen-bond donors (Lipinski definition) is 0. The average molecular weight is 411 g/mol. The van der Waals surface area contributed by atoms with Crippen LogP contribution in [0.2, 0.25) is 0 Å². The second kappa shape index (κ2) is 9.06. The maximum Gasteiger partial charge on any atom is 0.233 e. The van der Waals surface area contributed by atoms with Gasteiger partial charge in [0.05, 0.1) is 18.6 Å². The number of amides is 1. The summed E-state index contributed by atoms with van der Waals surface area (Å²) in [7, 11) is 0. The van der Waals surface area contributed by atoms with Crippen molar-refractivity contribution in [1.29, 1.82) is 0 Å². The van der Waals surface area contributed by atoms with E-state index in [4.69, 9.17) is 14.2 Å². The first-order chi connectivity index (χ1) is 14.6. The molecule has 0 atom stereocenters. The fourth-order valence-corrected chi connectivity index (χ4v) is 4.03. The molecule has 0 aromatic heterocycles. The topological polar surface area (TPSA) is 51.2 Å². The van der Waals surface area contributed by atoms with Crippen molar-refractivity contribution in [3.8, 4) is 11.5 Å². The molecule has 0 spiro atoms. The Morgan fingerprint density at radius 2 is 1.80 bits per heavy atom. The monoisotopic (exact) mass is 410 g/mol. The van der Waals surface area contributed by atoms with E-state index in [2.05, 4.69) is 4.90 Å². The van der Waals surface area contributed by atoms with Crippen LogP contribution in [0, 0.1) is 0 Å². The summed E-state index contributed by atoms with van der Waals surface area (Å²) in [6, 6.07) is 15.9. The zero-order valence-corrected chi connectivity index (χ0v) is 17.8. The molecule has 6 heteroatoms. The fraction of sp³-hybridized carbons (Fsp3) is 0.458. The van der Waals surface area contributed by atoms with E-state index in [1.807, 2.05) is 67.3 Å². The molecule has 2 aliphatic rings. The number of morpholine rings is 1. The van der Waals surface area contributed by atoms with Crippen molar-refractivity contribution in [2.75, 3.05) is 46.2 Å². The Labute approximate surface area is 178 Å². The first kappa shape index (κ1) is 20.7. The van der Waals surface area contributed by atoms with Crippen LogP contribution >= 0.6 is 0 Å². The molecule has 1 fully saturated rings. The Balaban J connectivity index is 1.56. The first-order valence-electron chi connectivity index (χ1n) is 10.6. The van der Waals surface area contributed by atoms with Gasteiger partial charge in [-0.2, -0.15) is 0 Å². The van der Waals surface area contributed by atoms with E-state index in [0.717, 1.165) is 55.5 Å². The maximum absolute atomic E-state index is 13.8. The van der Waals surface area contributed by atoms with Gasteiger partial charge in [0.2, 0.25) is 12.7 Å². The summed E-state index contributed by atoms with van der Waals surface area (Å²) in [4.78, 5) is 18.1. The predicted octanol–water partition coefficient (Wildman–Crippen LogP) is 3.05. The van der Waals surface area contributed by atoms with Gasteiger partial charge in [-0.15, -0.1) is 0 Å². The summed E-state index contributed by atoms with van der Waals surface area (Å²) in [6.45, 7) is 9.51. The normalized spacial score (nSPS) is 16.5. The maximum atomic E-state index is 13.8. The van der Waals surface area contributed by atoms with Crippen LogP contribution in [0.15, 0.2) is 48.5 Å². The Kier molecular flexibility index (Phi) is 6.25. The minimum absolute atomic E-state index is 0.110. The van der Waals surface area contributed by atoms with E-state index in [1.54, 1.807) is 0 Å². The number of ether oxygens (including phenoxy) is 3. The molecular formula is C24H30N2O4. The molecule has 4 rings (SSSR count). The van der Waals surface area contributed by atoms with E-state index in [9.17, 15) is 4.79 Å². The van der Waals surface area contributed by atoms with Crippen LogP contribution in [-0.4, -0.2) is 61.9 Å². The Morgan fingerprint density at radius 1 is 1.03 bits per heavy atom. The number of nitrogens with zero attached hydrogens (tertiary/aromatic N) is 2. The quantitative estimate of drug-likeness (QED) is 0.702. The molecule has 30 heavy (non-hydrogen) atoms. The summed E-state index contributed by atoms with van der Waals surface area (Å²) in [5, 5.41) is 0. The number of para-hydroxylation sites is 1. The molecule has 0 saturated carbocycles. The predicted molar refractivity (Wildman–Crippen MR) is 115 cm³/mol. The van der Waals surface area contributed by atoms with Crippen LogP contribution in [0.25, 0.3) is 0 Å². The second-order valence-electron chi connectivity index (χ2n) is 8.32. The summed E-state index contributed by atoms with van der Waals surface area (Å²) >= 11 is 0. The fourth-order valence-electron chi connectivity index (χ4n) is 4.03. The average Bonchev–Trinajstić information content (AvgIpc) is 3.27. The van der Waals surface area contributed by atoms with Crippen molar-refractivity contribution < 1.29 is 19.0 Å². The summed E-state index contributed by atoms with van der Waals surface area (Å²) in [6.07, 6.45) is 0. The third-order valence-electron chi connectivity index (χ3n) is 5.95. The SMILES string of the molecule is CC(C)(C(=O)N(CCN1CCOCC1)Cc1cccc2c1OCO2)c1ccccc1. The highest BCUT2D eigenvalue weighted by Gasteiger charge is 2.34. The lowest BCUT2D eigenvalue weighted by atomic mass is 9.83. The third-order valence-corrected chi connectivity index (χ3v) is 5.95. The van der Waals surface area contributed by atoms with Crippen LogP contribution in [0.5, 0.6) is 11.5 Å². The summed E-state index contributed by atoms with van der Waals surface area (Å²) < 4.78 is 16.7. The molecule has 2 aromatic rings. The number of fused-ring (bicyclic) bond motifs is 1. The van der Waals surface area contributed by atoms with Gasteiger partial charge in [-0.25, -0.2) is 0 Å². The van der Waals surface area contributed by atoms with Crippen molar-refractivity contribution in [3.05, 3.63) is 59.7 Å². The number of benzene rings is 2. The molecule has 2 aliphatic heterocycles. The molecule has 2 aromatic carbocycles. The van der Waals surface area contributed by atoms with Crippen molar-refractivity contribution in [2.45, 2.75) is 25.8 Å². The standard InChI is InChI=1S/C24H30N2O4/c1-24(2,20-8-4-3-5-9-20)23(27)26(12-11-25-13-15-28-16-14-25)17-19-7-6-10-21-22(19)30-18-29-21/h3-10H,11-18H2,1-2H3. The summed E-state index contributed by atoms with van der Waals surface area (Å²) in [5.41, 5.74) is 1.37. The Morgan fingerprint density at radius 3 is 2.57 bits per heavy atom. The van der Waals surface area contributed by atoms with Crippen LogP contribution in [0.4, 0.5) is 0 Å². The van der Waals surface area contributed by atoms with Crippen molar-refractivity contribution in [1.82, 2.24) is 9.80 Å². The van der Waals surface area contributed by atoms with Gasteiger partial charge < -0.3 is 19.1 Å². The highest BCUT2D eigenvalue weighted by atomic mass is 16.7. The van der Waals surface area contributed by atoms with Gasteiger partial charge in [0.15, 0.2) is 11.5 Å². The lowest BCUT2D eigenvalue weighted by Crippen LogP contribution is -2.47. The minimum atomic E-state index is -0.623. The lowest BCUT2D eigenvalue weighted by Gasteiger charge is -2.35.